The number of nitrogens with one attached hydrogen (secondary N) is 2. The van der Waals surface area contributed by atoms with Crippen LogP contribution in [0.25, 0.3) is 0 Å². The molecule has 0 aromatic carbocycles. The molecule has 1 amide bonds. The van der Waals surface area contributed by atoms with Crippen molar-refractivity contribution in [3.63, 3.8) is 0 Å². The number of amides is 1. The number of carbonyl (C=O) groups excluding carboxylic acids is 1. The molecule has 0 radical (unpaired) electrons. The molecule has 9 heavy (non-hydrogen) atoms. The topological polar surface area (TPSA) is 78.4 Å². The molecule has 0 fully saturated rings. The number of hydrogen-bond acceptors (Lipinski definition) is 3. The minimum absolute atomic E-state index is 0.485. The Morgan fingerprint density at radius 3 is 2.67 bits per heavy atom. The second-order valence-electron chi connectivity index (χ2n) is 1.50. The van der Waals surface area contributed by atoms with Crippen LogP contribution in [0, 0.1) is 0 Å². The number of carbonyl (C=O) groups is 2. The highest BCUT2D eigenvalue weighted by Crippen LogP contribution is 1.67. The average Bonchev–Trinajstić information content (AvgIpc) is 1.83. The van der Waals surface area contributed by atoms with Gasteiger partial charge in [0.05, 0.1) is 6.04 Å². The van der Waals surface area contributed by atoms with Gasteiger partial charge in [-0.3, -0.25) is 5.43 Å². The van der Waals surface area contributed by atoms with Gasteiger partial charge in [-0.15, -0.1) is 0 Å². The molecule has 52 valence electrons. The minimum Gasteiger partial charge on any atom is -0.464 e. The lowest BCUT2D eigenvalue weighted by Gasteiger charge is -2.03. The first-order valence-corrected chi connectivity index (χ1v) is 2.36. The lowest BCUT2D eigenvalue weighted by Crippen LogP contribution is -2.42. The Morgan fingerprint density at radius 1 is 1.78 bits per heavy atom. The standard InChI is InChI=1S/C4H8N2O3/c1-3(2-7)5-6-4(8)9/h2-3,5-6H,1H3,(H,8,9). The number of hydrogen-bond donors (Lipinski definition) is 3. The Morgan fingerprint density at radius 2 is 2.33 bits per heavy atom. The van der Waals surface area contributed by atoms with Crippen molar-refractivity contribution in [2.75, 3.05) is 0 Å². The van der Waals surface area contributed by atoms with Crippen LogP contribution in [-0.4, -0.2) is 23.5 Å². The fraction of sp³-hybridized carbons (Fsp3) is 0.500. The summed E-state index contributed by atoms with van der Waals surface area (Å²) in [6, 6.07) is -0.485. The third kappa shape index (κ3) is 4.76. The van der Waals surface area contributed by atoms with Crippen molar-refractivity contribution in [3.8, 4) is 0 Å². The van der Waals surface area contributed by atoms with Crippen LogP contribution in [0.3, 0.4) is 0 Å². The Kier molecular flexibility index (Phi) is 3.38. The summed E-state index contributed by atoms with van der Waals surface area (Å²) in [5.41, 5.74) is 4.05. The highest BCUT2D eigenvalue weighted by atomic mass is 16.4. The van der Waals surface area contributed by atoms with Crippen molar-refractivity contribution in [1.82, 2.24) is 10.9 Å². The van der Waals surface area contributed by atoms with Crippen LogP contribution >= 0.6 is 0 Å². The molecule has 0 bridgehead atoms. The smallest absolute Gasteiger partial charge is 0.419 e. The summed E-state index contributed by atoms with van der Waals surface area (Å²) in [7, 11) is 0. The van der Waals surface area contributed by atoms with Crippen molar-refractivity contribution < 1.29 is 14.7 Å². The predicted molar refractivity (Wildman–Crippen MR) is 29.8 cm³/mol. The van der Waals surface area contributed by atoms with E-state index in [2.05, 4.69) is 5.43 Å². The Bertz CT molecular complexity index is 114. The molecule has 0 aliphatic carbocycles. The third-order valence-corrected chi connectivity index (χ3v) is 0.611. The number of rotatable bonds is 3. The maximum Gasteiger partial charge on any atom is 0.419 e. The van der Waals surface area contributed by atoms with Crippen LogP contribution in [0.15, 0.2) is 0 Å². The van der Waals surface area contributed by atoms with Gasteiger partial charge < -0.3 is 9.90 Å². The summed E-state index contributed by atoms with van der Waals surface area (Å²) < 4.78 is 0. The van der Waals surface area contributed by atoms with E-state index in [4.69, 9.17) is 5.11 Å². The van der Waals surface area contributed by atoms with Crippen LogP contribution < -0.4 is 10.9 Å². The van der Waals surface area contributed by atoms with E-state index in [0.29, 0.717) is 6.29 Å². The van der Waals surface area contributed by atoms with E-state index in [1.807, 2.05) is 5.43 Å². The molecule has 5 heteroatoms. The Labute approximate surface area is 52.0 Å². The van der Waals surface area contributed by atoms with Gasteiger partial charge in [0.1, 0.15) is 6.29 Å². The summed E-state index contributed by atoms with van der Waals surface area (Å²) >= 11 is 0. The van der Waals surface area contributed by atoms with Gasteiger partial charge in [0.15, 0.2) is 0 Å². The summed E-state index contributed by atoms with van der Waals surface area (Å²) in [6.45, 7) is 1.53. The van der Waals surface area contributed by atoms with Gasteiger partial charge in [0.25, 0.3) is 0 Å². The maximum atomic E-state index is 9.82. The first-order valence-electron chi connectivity index (χ1n) is 2.36. The van der Waals surface area contributed by atoms with E-state index in [0.717, 1.165) is 0 Å². The Balaban J connectivity index is 3.26. The zero-order valence-corrected chi connectivity index (χ0v) is 4.92. The molecular formula is C4H8N2O3. The molecule has 0 rings (SSSR count). The van der Waals surface area contributed by atoms with Crippen LogP contribution in [0.2, 0.25) is 0 Å². The highest BCUT2D eigenvalue weighted by Gasteiger charge is 1.97. The van der Waals surface area contributed by atoms with Crippen LogP contribution in [-0.2, 0) is 4.79 Å². The van der Waals surface area contributed by atoms with E-state index < -0.39 is 12.1 Å². The van der Waals surface area contributed by atoms with Gasteiger partial charge in [-0.2, -0.15) is 0 Å². The summed E-state index contributed by atoms with van der Waals surface area (Å²) in [5.74, 6) is 0. The molecule has 0 saturated heterocycles. The largest absolute Gasteiger partial charge is 0.464 e. The maximum absolute atomic E-state index is 9.82. The molecule has 0 aliphatic heterocycles. The first kappa shape index (κ1) is 7.90. The van der Waals surface area contributed by atoms with Gasteiger partial charge in [0, 0.05) is 0 Å². The van der Waals surface area contributed by atoms with Gasteiger partial charge >= 0.3 is 6.09 Å². The molecule has 3 N–H and O–H groups in total. The molecule has 0 spiro atoms. The number of carboxylic acid groups (broad SMARTS) is 1. The molecule has 0 aromatic heterocycles. The molecule has 1 unspecified atom stereocenters. The van der Waals surface area contributed by atoms with Crippen molar-refractivity contribution in [2.45, 2.75) is 13.0 Å². The van der Waals surface area contributed by atoms with Crippen LogP contribution in [0.4, 0.5) is 4.79 Å². The van der Waals surface area contributed by atoms with Crippen LogP contribution in [0.5, 0.6) is 0 Å². The minimum atomic E-state index is -1.20. The van der Waals surface area contributed by atoms with E-state index in [9.17, 15) is 9.59 Å². The first-order chi connectivity index (χ1) is 4.16. The van der Waals surface area contributed by atoms with Gasteiger partial charge in [-0.05, 0) is 6.92 Å². The molecule has 1 atom stereocenters. The molecule has 0 heterocycles. The second kappa shape index (κ2) is 3.85. The average molecular weight is 132 g/mol. The quantitative estimate of drug-likeness (QED) is 0.352. The van der Waals surface area contributed by atoms with E-state index in [1.165, 1.54) is 6.92 Å². The van der Waals surface area contributed by atoms with Crippen molar-refractivity contribution in [3.05, 3.63) is 0 Å². The lowest BCUT2D eigenvalue weighted by atomic mass is 10.4. The van der Waals surface area contributed by atoms with Crippen molar-refractivity contribution >= 4 is 12.4 Å². The van der Waals surface area contributed by atoms with Gasteiger partial charge in [-0.1, -0.05) is 0 Å². The highest BCUT2D eigenvalue weighted by molar-refractivity contribution is 5.64. The van der Waals surface area contributed by atoms with Crippen molar-refractivity contribution in [1.29, 1.82) is 0 Å². The third-order valence-electron chi connectivity index (χ3n) is 0.611. The zero-order chi connectivity index (χ0) is 7.28. The summed E-state index contributed by atoms with van der Waals surface area (Å²) in [5, 5.41) is 7.97. The second-order valence-corrected chi connectivity index (χ2v) is 1.50. The lowest BCUT2D eigenvalue weighted by molar-refractivity contribution is -0.109. The molecular weight excluding hydrogens is 124 g/mol. The van der Waals surface area contributed by atoms with E-state index in [-0.39, 0.29) is 0 Å². The van der Waals surface area contributed by atoms with Gasteiger partial charge in [-0.25, -0.2) is 10.2 Å². The molecule has 0 aromatic rings. The normalized spacial score (nSPS) is 12.1. The fourth-order valence-corrected chi connectivity index (χ4v) is 0.210. The number of aldehydes is 1. The van der Waals surface area contributed by atoms with Crippen molar-refractivity contribution in [2.24, 2.45) is 0 Å². The van der Waals surface area contributed by atoms with E-state index in [1.54, 1.807) is 0 Å². The monoisotopic (exact) mass is 132 g/mol. The SMILES string of the molecule is CC(C=O)NNC(=O)O. The predicted octanol–water partition coefficient (Wildman–Crippen LogP) is -0.654. The summed E-state index contributed by atoms with van der Waals surface area (Å²) in [6.07, 6.45) is -0.612. The molecule has 5 nitrogen and oxygen atoms in total. The fourth-order valence-electron chi connectivity index (χ4n) is 0.210. The molecule has 0 saturated carbocycles. The zero-order valence-electron chi connectivity index (χ0n) is 4.92. The Hall–Kier alpha value is -1.10. The van der Waals surface area contributed by atoms with Gasteiger partial charge in [0.2, 0.25) is 0 Å². The van der Waals surface area contributed by atoms with E-state index >= 15 is 0 Å². The summed E-state index contributed by atoms with van der Waals surface area (Å²) in [4.78, 5) is 19.6. The molecule has 0 aliphatic rings. The van der Waals surface area contributed by atoms with Crippen LogP contribution in [0.1, 0.15) is 6.92 Å². The number of hydrazine groups is 1.